The molecule has 6 rings (SSSR count). The number of aliphatic hydroxyl groups is 4. The first-order valence-electron chi connectivity index (χ1n) is 11.2. The van der Waals surface area contributed by atoms with Crippen molar-refractivity contribution in [3.63, 3.8) is 0 Å². The maximum absolute atomic E-state index is 11.4. The molecule has 2 unspecified atom stereocenters. The second-order valence-electron chi connectivity index (χ2n) is 9.76. The van der Waals surface area contributed by atoms with E-state index in [0.717, 1.165) is 30.5 Å². The number of aliphatic carboxylic acids is 1. The summed E-state index contributed by atoms with van der Waals surface area (Å²) >= 11 is 0. The van der Waals surface area contributed by atoms with Crippen molar-refractivity contribution in [3.05, 3.63) is 35.4 Å². The van der Waals surface area contributed by atoms with Gasteiger partial charge in [0.2, 0.25) is 6.29 Å². The van der Waals surface area contributed by atoms with E-state index in [9.17, 15) is 30.3 Å². The highest BCUT2D eigenvalue weighted by Crippen LogP contribution is 2.62. The molecule has 0 radical (unpaired) electrons. The van der Waals surface area contributed by atoms with E-state index in [-0.39, 0.29) is 17.7 Å². The van der Waals surface area contributed by atoms with Crippen LogP contribution in [0, 0.1) is 5.92 Å². The molecule has 2 fully saturated rings. The van der Waals surface area contributed by atoms with E-state index < -0.39 is 54.3 Å². The van der Waals surface area contributed by atoms with Crippen LogP contribution < -0.4 is 9.47 Å². The SMILES string of the molecule is CN1CC[C@]23c4c5ccc(O[C@@H]6O[C@H](C(=O)O)[C@@H](O)[C@@H](O)C6O)c4O[C@H]2[C@@H](O)C=CC3[C@H]1C5. The fraction of sp³-hybridized carbons (Fsp3) is 0.609. The summed E-state index contributed by atoms with van der Waals surface area (Å²) in [5.74, 6) is -0.625. The highest BCUT2D eigenvalue weighted by atomic mass is 16.7. The van der Waals surface area contributed by atoms with Gasteiger partial charge in [-0.15, -0.1) is 0 Å². The second kappa shape index (κ2) is 7.14. The van der Waals surface area contributed by atoms with Crippen LogP contribution in [-0.4, -0.2) is 98.9 Å². The summed E-state index contributed by atoms with van der Waals surface area (Å²) in [5.41, 5.74) is 1.70. The van der Waals surface area contributed by atoms with E-state index in [1.807, 2.05) is 6.07 Å². The number of hydrogen-bond acceptors (Lipinski definition) is 9. The van der Waals surface area contributed by atoms with Gasteiger partial charge >= 0.3 is 5.97 Å². The van der Waals surface area contributed by atoms with Crippen molar-refractivity contribution >= 4 is 5.97 Å². The number of hydrogen-bond donors (Lipinski definition) is 5. The normalized spacial score (nSPS) is 45.3. The first-order valence-corrected chi connectivity index (χ1v) is 11.2. The monoisotopic (exact) mass is 461 g/mol. The average Bonchev–Trinajstić information content (AvgIpc) is 3.14. The molecule has 1 aromatic rings. The number of carbonyl (C=O) groups is 1. The Labute approximate surface area is 189 Å². The van der Waals surface area contributed by atoms with Gasteiger partial charge in [-0.25, -0.2) is 4.79 Å². The average molecular weight is 461 g/mol. The quantitative estimate of drug-likeness (QED) is 0.346. The van der Waals surface area contributed by atoms with Crippen LogP contribution in [0.3, 0.4) is 0 Å². The van der Waals surface area contributed by atoms with Crippen LogP contribution in [0.1, 0.15) is 17.5 Å². The van der Waals surface area contributed by atoms with Crippen molar-refractivity contribution in [2.24, 2.45) is 5.92 Å². The molecule has 2 saturated heterocycles. The molecule has 1 aromatic carbocycles. The minimum absolute atomic E-state index is 0.165. The van der Waals surface area contributed by atoms with E-state index in [2.05, 4.69) is 18.0 Å². The lowest BCUT2D eigenvalue weighted by Gasteiger charge is -2.56. The van der Waals surface area contributed by atoms with Crippen molar-refractivity contribution in [2.45, 2.75) is 67.2 Å². The smallest absolute Gasteiger partial charge is 0.335 e. The number of carboxylic acids is 1. The Kier molecular flexibility index (Phi) is 4.62. The van der Waals surface area contributed by atoms with Crippen LogP contribution in [0.4, 0.5) is 0 Å². The maximum atomic E-state index is 11.4. The van der Waals surface area contributed by atoms with Crippen LogP contribution >= 0.6 is 0 Å². The zero-order chi connectivity index (χ0) is 23.2. The predicted molar refractivity (Wildman–Crippen MR) is 111 cm³/mol. The van der Waals surface area contributed by atoms with Gasteiger partial charge in [-0.2, -0.15) is 0 Å². The number of piperidine rings is 1. The number of ether oxygens (including phenoxy) is 3. The Morgan fingerprint density at radius 2 is 1.94 bits per heavy atom. The standard InChI is InChI=1S/C23H27NO9/c1-24-7-6-23-10-3-4-12(25)20(23)32-18-13(5-2-9(14(18)23)8-11(10)24)31-22-17(28)15(26)16(27)19(33-22)21(29)30/h2-5,10-12,15-17,19-20,22,25-28H,6-8H2,1H3,(H,29,30)/t10?,11-,12+,15-,16+,17?,19+,20+,22-,23+/m1/s1. The van der Waals surface area contributed by atoms with Gasteiger partial charge in [0, 0.05) is 22.9 Å². The minimum Gasteiger partial charge on any atom is -0.482 e. The molecular weight excluding hydrogens is 434 g/mol. The predicted octanol–water partition coefficient (Wildman–Crippen LogP) is -1.24. The number of nitrogens with zero attached hydrogens (tertiary/aromatic N) is 1. The molecule has 33 heavy (non-hydrogen) atoms. The summed E-state index contributed by atoms with van der Waals surface area (Å²) in [6.45, 7) is 0.861. The van der Waals surface area contributed by atoms with Crippen LogP contribution in [0.15, 0.2) is 24.3 Å². The molecule has 10 atom stereocenters. The Bertz CT molecular complexity index is 1030. The fourth-order valence-corrected chi connectivity index (χ4v) is 6.60. The summed E-state index contributed by atoms with van der Waals surface area (Å²) in [4.78, 5) is 13.8. The van der Waals surface area contributed by atoms with Gasteiger partial charge in [-0.3, -0.25) is 0 Å². The molecule has 0 amide bonds. The van der Waals surface area contributed by atoms with E-state index in [1.165, 1.54) is 0 Å². The van der Waals surface area contributed by atoms with Gasteiger partial charge in [0.25, 0.3) is 0 Å². The molecule has 0 aromatic heterocycles. The molecule has 3 aliphatic heterocycles. The third kappa shape index (κ3) is 2.73. The molecule has 178 valence electrons. The summed E-state index contributed by atoms with van der Waals surface area (Å²) in [7, 11) is 2.12. The molecule has 10 nitrogen and oxygen atoms in total. The van der Waals surface area contributed by atoms with Crippen LogP contribution in [-0.2, 0) is 21.4 Å². The number of likely N-dealkylation sites (N-methyl/N-ethyl adjacent to an activating group) is 1. The summed E-state index contributed by atoms with van der Waals surface area (Å²) in [6, 6.07) is 3.90. The molecule has 10 heteroatoms. The summed E-state index contributed by atoms with van der Waals surface area (Å²) < 4.78 is 17.5. The van der Waals surface area contributed by atoms with E-state index >= 15 is 0 Å². The number of rotatable bonds is 3. The minimum atomic E-state index is -1.80. The van der Waals surface area contributed by atoms with E-state index in [0.29, 0.717) is 5.75 Å². The molecule has 1 spiro atoms. The molecule has 5 aliphatic rings. The number of likely N-dealkylation sites (tertiary alicyclic amines) is 1. The maximum Gasteiger partial charge on any atom is 0.335 e. The highest BCUT2D eigenvalue weighted by molar-refractivity contribution is 5.73. The number of benzene rings is 1. The van der Waals surface area contributed by atoms with Crippen molar-refractivity contribution < 1.29 is 44.5 Å². The second-order valence-corrected chi connectivity index (χ2v) is 9.76. The molecule has 0 saturated carbocycles. The van der Waals surface area contributed by atoms with Crippen molar-refractivity contribution in [1.82, 2.24) is 4.90 Å². The third-order valence-corrected chi connectivity index (χ3v) is 8.19. The molecule has 5 N–H and O–H groups in total. The van der Waals surface area contributed by atoms with Crippen LogP contribution in [0.2, 0.25) is 0 Å². The van der Waals surface area contributed by atoms with Gasteiger partial charge in [-0.05, 0) is 38.1 Å². The van der Waals surface area contributed by atoms with E-state index in [1.54, 1.807) is 12.1 Å². The van der Waals surface area contributed by atoms with Crippen molar-refractivity contribution in [2.75, 3.05) is 13.6 Å². The largest absolute Gasteiger partial charge is 0.482 e. The van der Waals surface area contributed by atoms with Gasteiger partial charge in [-0.1, -0.05) is 18.2 Å². The zero-order valence-corrected chi connectivity index (χ0v) is 17.9. The van der Waals surface area contributed by atoms with Crippen LogP contribution in [0.25, 0.3) is 0 Å². The molecule has 2 aliphatic carbocycles. The molecule has 3 heterocycles. The lowest BCUT2D eigenvalue weighted by molar-refractivity contribution is -0.271. The lowest BCUT2D eigenvalue weighted by Crippen LogP contribution is -2.64. The number of aliphatic hydroxyl groups excluding tert-OH is 4. The van der Waals surface area contributed by atoms with Crippen LogP contribution in [0.5, 0.6) is 11.5 Å². The topological polar surface area (TPSA) is 149 Å². The van der Waals surface area contributed by atoms with Gasteiger partial charge in [0.1, 0.15) is 30.5 Å². The van der Waals surface area contributed by atoms with Gasteiger partial charge in [0.05, 0.1) is 0 Å². The number of carboxylic acid groups (broad SMARTS) is 1. The first-order chi connectivity index (χ1) is 15.7. The highest BCUT2D eigenvalue weighted by Gasteiger charge is 2.64. The lowest BCUT2D eigenvalue weighted by atomic mass is 9.53. The van der Waals surface area contributed by atoms with Gasteiger partial charge < -0.3 is 44.6 Å². The Balaban J connectivity index is 1.41. The Morgan fingerprint density at radius 1 is 1.15 bits per heavy atom. The summed E-state index contributed by atoms with van der Waals surface area (Å²) in [6.07, 6.45) is -4.29. The fourth-order valence-electron chi connectivity index (χ4n) is 6.60. The van der Waals surface area contributed by atoms with E-state index in [4.69, 9.17) is 14.2 Å². The summed E-state index contributed by atoms with van der Waals surface area (Å²) in [5, 5.41) is 50.6. The molecular formula is C23H27NO9. The van der Waals surface area contributed by atoms with Crippen molar-refractivity contribution in [3.8, 4) is 11.5 Å². The third-order valence-electron chi connectivity index (χ3n) is 8.19. The van der Waals surface area contributed by atoms with Gasteiger partial charge in [0.15, 0.2) is 17.6 Å². The first kappa shape index (κ1) is 21.3. The Hall–Kier alpha value is -2.21. The molecule has 2 bridgehead atoms. The zero-order valence-electron chi connectivity index (χ0n) is 17.9. The van der Waals surface area contributed by atoms with Crippen molar-refractivity contribution in [1.29, 1.82) is 0 Å². The Morgan fingerprint density at radius 3 is 2.70 bits per heavy atom.